The highest BCUT2D eigenvalue weighted by Crippen LogP contribution is 2.36. The topological polar surface area (TPSA) is 55.1 Å². The van der Waals surface area contributed by atoms with Gasteiger partial charge in [-0.25, -0.2) is 0 Å². The molecule has 0 radical (unpaired) electrons. The Bertz CT molecular complexity index is 384. The molecule has 0 aromatic carbocycles. The van der Waals surface area contributed by atoms with E-state index in [4.69, 9.17) is 5.11 Å². The molecule has 1 fully saturated rings. The normalized spacial score (nSPS) is 24.4. The number of hydrogen-bond acceptors (Lipinski definition) is 2. The average molecular weight is 222 g/mol. The zero-order valence-corrected chi connectivity index (χ0v) is 9.76. The van der Waals surface area contributed by atoms with E-state index in [9.17, 15) is 4.79 Å². The minimum Gasteiger partial charge on any atom is -0.481 e. The minimum absolute atomic E-state index is 0.149. The number of aliphatic carboxylic acids is 1. The van der Waals surface area contributed by atoms with E-state index < -0.39 is 5.97 Å². The predicted octanol–water partition coefficient (Wildman–Crippen LogP) is 2.12. The van der Waals surface area contributed by atoms with Crippen molar-refractivity contribution in [3.8, 4) is 0 Å². The maximum absolute atomic E-state index is 10.9. The third-order valence-electron chi connectivity index (χ3n) is 3.40. The fourth-order valence-electron chi connectivity index (χ4n) is 2.18. The number of carboxylic acid groups (broad SMARTS) is 1. The molecule has 0 saturated heterocycles. The van der Waals surface area contributed by atoms with E-state index in [0.717, 1.165) is 25.0 Å². The maximum Gasteiger partial charge on any atom is 0.306 e. The van der Waals surface area contributed by atoms with Gasteiger partial charge >= 0.3 is 5.97 Å². The first kappa shape index (κ1) is 11.2. The van der Waals surface area contributed by atoms with Crippen molar-refractivity contribution in [3.05, 3.63) is 18.0 Å². The Morgan fingerprint density at radius 3 is 2.81 bits per heavy atom. The van der Waals surface area contributed by atoms with Gasteiger partial charge in [-0.05, 0) is 45.1 Å². The lowest BCUT2D eigenvalue weighted by Crippen LogP contribution is -2.34. The molecule has 4 heteroatoms. The number of nitrogens with zero attached hydrogens (tertiary/aromatic N) is 2. The van der Waals surface area contributed by atoms with Crippen LogP contribution in [0.5, 0.6) is 0 Å². The second-order valence-electron chi connectivity index (χ2n) is 4.87. The lowest BCUT2D eigenvalue weighted by Gasteiger charge is -2.32. The SMILES string of the molecule is CC(C)n1ccc(CC2CCC2C(=O)O)n1. The first-order chi connectivity index (χ1) is 7.58. The summed E-state index contributed by atoms with van der Waals surface area (Å²) < 4.78 is 1.92. The quantitative estimate of drug-likeness (QED) is 0.849. The molecule has 4 nitrogen and oxygen atoms in total. The smallest absolute Gasteiger partial charge is 0.306 e. The Balaban J connectivity index is 1.96. The molecular formula is C12H18N2O2. The van der Waals surface area contributed by atoms with Crippen molar-refractivity contribution in [3.63, 3.8) is 0 Å². The summed E-state index contributed by atoms with van der Waals surface area (Å²) in [5.41, 5.74) is 1.02. The number of hydrogen-bond donors (Lipinski definition) is 1. The van der Waals surface area contributed by atoms with Crippen LogP contribution in [0.3, 0.4) is 0 Å². The van der Waals surface area contributed by atoms with Crippen molar-refractivity contribution in [1.82, 2.24) is 9.78 Å². The lowest BCUT2D eigenvalue weighted by atomic mass is 9.71. The van der Waals surface area contributed by atoms with E-state index in [-0.39, 0.29) is 11.8 Å². The van der Waals surface area contributed by atoms with Crippen LogP contribution in [0.2, 0.25) is 0 Å². The largest absolute Gasteiger partial charge is 0.481 e. The molecule has 0 amide bonds. The Kier molecular flexibility index (Phi) is 2.99. The Morgan fingerprint density at radius 2 is 2.38 bits per heavy atom. The molecule has 16 heavy (non-hydrogen) atoms. The summed E-state index contributed by atoms with van der Waals surface area (Å²) in [5.74, 6) is -0.517. The van der Waals surface area contributed by atoms with Crippen LogP contribution in [0.25, 0.3) is 0 Å². The highest BCUT2D eigenvalue weighted by Gasteiger charge is 2.36. The summed E-state index contributed by atoms with van der Waals surface area (Å²) in [7, 11) is 0. The summed E-state index contributed by atoms with van der Waals surface area (Å²) in [4.78, 5) is 10.9. The maximum atomic E-state index is 10.9. The molecule has 2 unspecified atom stereocenters. The number of rotatable bonds is 4. The minimum atomic E-state index is -0.653. The van der Waals surface area contributed by atoms with Crippen LogP contribution in [-0.2, 0) is 11.2 Å². The summed E-state index contributed by atoms with van der Waals surface area (Å²) in [6.07, 6.45) is 4.61. The molecular weight excluding hydrogens is 204 g/mol. The zero-order valence-electron chi connectivity index (χ0n) is 9.76. The standard InChI is InChI=1S/C12H18N2O2/c1-8(2)14-6-5-10(13-14)7-9-3-4-11(9)12(15)16/h5-6,8-9,11H,3-4,7H2,1-2H3,(H,15,16). The monoisotopic (exact) mass is 222 g/mol. The number of carbonyl (C=O) groups is 1. The van der Waals surface area contributed by atoms with Gasteiger partial charge < -0.3 is 5.11 Å². The van der Waals surface area contributed by atoms with Gasteiger partial charge in [0, 0.05) is 12.2 Å². The van der Waals surface area contributed by atoms with Gasteiger partial charge in [0.05, 0.1) is 11.6 Å². The molecule has 88 valence electrons. The highest BCUT2D eigenvalue weighted by atomic mass is 16.4. The van der Waals surface area contributed by atoms with Crippen LogP contribution in [0, 0.1) is 11.8 Å². The van der Waals surface area contributed by atoms with Crippen LogP contribution in [0.15, 0.2) is 12.3 Å². The number of aromatic nitrogens is 2. The summed E-state index contributed by atoms with van der Waals surface area (Å²) in [5, 5.41) is 13.4. The molecule has 1 heterocycles. The van der Waals surface area contributed by atoms with Crippen LogP contribution < -0.4 is 0 Å². The molecule has 2 rings (SSSR count). The Morgan fingerprint density at radius 1 is 1.62 bits per heavy atom. The molecule has 1 saturated carbocycles. The van der Waals surface area contributed by atoms with Gasteiger partial charge in [0.25, 0.3) is 0 Å². The zero-order chi connectivity index (χ0) is 11.7. The van der Waals surface area contributed by atoms with Gasteiger partial charge in [0.1, 0.15) is 0 Å². The molecule has 1 N–H and O–H groups in total. The van der Waals surface area contributed by atoms with Crippen molar-refractivity contribution in [1.29, 1.82) is 0 Å². The van der Waals surface area contributed by atoms with Gasteiger partial charge in [0.15, 0.2) is 0 Å². The summed E-state index contributed by atoms with van der Waals surface area (Å²) >= 11 is 0. The van der Waals surface area contributed by atoms with Crippen molar-refractivity contribution < 1.29 is 9.90 Å². The van der Waals surface area contributed by atoms with Crippen molar-refractivity contribution in [2.45, 2.75) is 39.2 Å². The molecule has 0 spiro atoms. The van der Waals surface area contributed by atoms with Gasteiger partial charge in [-0.2, -0.15) is 5.10 Å². The fraction of sp³-hybridized carbons (Fsp3) is 0.667. The molecule has 2 atom stereocenters. The number of carboxylic acids is 1. The van der Waals surface area contributed by atoms with Gasteiger partial charge in [-0.1, -0.05) is 0 Å². The third kappa shape index (κ3) is 2.10. The highest BCUT2D eigenvalue weighted by molar-refractivity contribution is 5.71. The van der Waals surface area contributed by atoms with Crippen LogP contribution in [-0.4, -0.2) is 20.9 Å². The van der Waals surface area contributed by atoms with Crippen molar-refractivity contribution in [2.75, 3.05) is 0 Å². The average Bonchev–Trinajstić information content (AvgIpc) is 2.59. The first-order valence-electron chi connectivity index (χ1n) is 5.84. The second-order valence-corrected chi connectivity index (χ2v) is 4.87. The first-order valence-corrected chi connectivity index (χ1v) is 5.84. The second kappa shape index (κ2) is 4.28. The van der Waals surface area contributed by atoms with E-state index in [0.29, 0.717) is 6.04 Å². The molecule has 1 aliphatic rings. The van der Waals surface area contributed by atoms with Gasteiger partial charge in [0.2, 0.25) is 0 Å². The van der Waals surface area contributed by atoms with Crippen molar-refractivity contribution >= 4 is 5.97 Å². The molecule has 1 aliphatic carbocycles. The van der Waals surface area contributed by atoms with E-state index >= 15 is 0 Å². The fourth-order valence-corrected chi connectivity index (χ4v) is 2.18. The molecule has 1 aromatic heterocycles. The van der Waals surface area contributed by atoms with Crippen LogP contribution in [0.4, 0.5) is 0 Å². The van der Waals surface area contributed by atoms with E-state index in [1.165, 1.54) is 0 Å². The van der Waals surface area contributed by atoms with Crippen LogP contribution >= 0.6 is 0 Å². The van der Waals surface area contributed by atoms with Crippen LogP contribution in [0.1, 0.15) is 38.4 Å². The third-order valence-corrected chi connectivity index (χ3v) is 3.40. The molecule has 1 aromatic rings. The lowest BCUT2D eigenvalue weighted by molar-refractivity contribution is -0.147. The predicted molar refractivity (Wildman–Crippen MR) is 60.2 cm³/mol. The summed E-state index contributed by atoms with van der Waals surface area (Å²) in [6, 6.07) is 2.36. The summed E-state index contributed by atoms with van der Waals surface area (Å²) in [6.45, 7) is 4.17. The Labute approximate surface area is 95.3 Å². The molecule has 0 bridgehead atoms. The van der Waals surface area contributed by atoms with E-state index in [2.05, 4.69) is 18.9 Å². The van der Waals surface area contributed by atoms with Gasteiger partial charge in [-0.15, -0.1) is 0 Å². The Hall–Kier alpha value is -1.32. The van der Waals surface area contributed by atoms with E-state index in [1.54, 1.807) is 0 Å². The molecule has 0 aliphatic heterocycles. The van der Waals surface area contributed by atoms with E-state index in [1.807, 2.05) is 16.9 Å². The van der Waals surface area contributed by atoms with Crippen molar-refractivity contribution in [2.24, 2.45) is 11.8 Å². The van der Waals surface area contributed by atoms with Gasteiger partial charge in [-0.3, -0.25) is 9.48 Å².